The molecule has 184 valence electrons. The van der Waals surface area contributed by atoms with Crippen LogP contribution in [0.3, 0.4) is 0 Å². The van der Waals surface area contributed by atoms with E-state index in [0.29, 0.717) is 22.6 Å². The molecule has 1 fully saturated rings. The van der Waals surface area contributed by atoms with Crippen molar-refractivity contribution in [1.29, 1.82) is 0 Å². The van der Waals surface area contributed by atoms with Crippen molar-refractivity contribution in [2.45, 2.75) is 32.3 Å². The molecule has 1 saturated heterocycles. The van der Waals surface area contributed by atoms with Crippen LogP contribution in [0.15, 0.2) is 57.9 Å². The summed E-state index contributed by atoms with van der Waals surface area (Å²) < 4.78 is 38.5. The number of sulfonamides is 1. The Kier molecular flexibility index (Phi) is 7.04. The molecule has 9 nitrogen and oxygen atoms in total. The van der Waals surface area contributed by atoms with Crippen LogP contribution in [0.4, 0.5) is 0 Å². The molecular formula is C25H27N3O6S. The third-order valence-corrected chi connectivity index (χ3v) is 8.01. The van der Waals surface area contributed by atoms with Gasteiger partial charge in [-0.1, -0.05) is 29.4 Å². The zero-order chi connectivity index (χ0) is 25.2. The first kappa shape index (κ1) is 24.6. The topological polar surface area (TPSA) is 110 Å². The van der Waals surface area contributed by atoms with Crippen molar-refractivity contribution >= 4 is 21.7 Å². The molecule has 2 aromatic carbocycles. The summed E-state index contributed by atoms with van der Waals surface area (Å²) in [6.45, 7) is 6.14. The van der Waals surface area contributed by atoms with E-state index in [1.165, 1.54) is 35.5 Å². The third-order valence-electron chi connectivity index (χ3n) is 6.10. The molecule has 1 aliphatic rings. The summed E-state index contributed by atoms with van der Waals surface area (Å²) in [7, 11) is -3.72. The number of hydrogen-bond donors (Lipinski definition) is 0. The number of nitrogens with zero attached hydrogens (tertiary/aromatic N) is 3. The predicted molar refractivity (Wildman–Crippen MR) is 128 cm³/mol. The summed E-state index contributed by atoms with van der Waals surface area (Å²) in [5, 5.41) is 3.92. The number of rotatable bonds is 7. The summed E-state index contributed by atoms with van der Waals surface area (Å²) in [5.74, 6) is 0.761. The molecule has 1 aromatic heterocycles. The largest absolute Gasteiger partial charge is 0.488 e. The van der Waals surface area contributed by atoms with Crippen LogP contribution in [-0.2, 0) is 16.6 Å². The average Bonchev–Trinajstić information content (AvgIpc) is 3.19. The maximum Gasteiger partial charge on any atom is 0.257 e. The van der Waals surface area contributed by atoms with Gasteiger partial charge in [-0.2, -0.15) is 4.31 Å². The number of Topliss-reactive ketones (excluding diaryl/α,β-unsaturated/α-hetero) is 1. The second-order valence-corrected chi connectivity index (χ2v) is 10.3. The number of benzene rings is 2. The first-order chi connectivity index (χ1) is 16.7. The highest BCUT2D eigenvalue weighted by molar-refractivity contribution is 7.89. The van der Waals surface area contributed by atoms with E-state index >= 15 is 0 Å². The Morgan fingerprint density at radius 1 is 1.00 bits per heavy atom. The van der Waals surface area contributed by atoms with Crippen LogP contribution in [0.25, 0.3) is 0 Å². The first-order valence-electron chi connectivity index (χ1n) is 11.2. The van der Waals surface area contributed by atoms with E-state index in [4.69, 9.17) is 9.26 Å². The highest BCUT2D eigenvalue weighted by atomic mass is 32.2. The Morgan fingerprint density at radius 2 is 1.66 bits per heavy atom. The Hall–Kier alpha value is -3.50. The fraction of sp³-hybridized carbons (Fsp3) is 0.320. The Bertz CT molecular complexity index is 1320. The van der Waals surface area contributed by atoms with E-state index in [1.807, 2.05) is 6.92 Å². The first-order valence-corrected chi connectivity index (χ1v) is 12.7. The van der Waals surface area contributed by atoms with Gasteiger partial charge in [0.25, 0.3) is 5.91 Å². The van der Waals surface area contributed by atoms with E-state index in [2.05, 4.69) is 5.16 Å². The molecule has 0 N–H and O–H groups in total. The quantitative estimate of drug-likeness (QED) is 0.461. The van der Waals surface area contributed by atoms with Crippen LogP contribution < -0.4 is 4.74 Å². The molecule has 0 spiro atoms. The highest BCUT2D eigenvalue weighted by Gasteiger charge is 2.31. The summed E-state index contributed by atoms with van der Waals surface area (Å²) in [5.41, 5.74) is 2.44. The summed E-state index contributed by atoms with van der Waals surface area (Å²) >= 11 is 0. The second-order valence-electron chi connectivity index (χ2n) is 8.36. The van der Waals surface area contributed by atoms with Gasteiger partial charge in [-0.15, -0.1) is 0 Å². The van der Waals surface area contributed by atoms with Crippen LogP contribution in [-0.4, -0.2) is 60.6 Å². The van der Waals surface area contributed by atoms with Gasteiger partial charge in [0.05, 0.1) is 21.7 Å². The maximum atomic E-state index is 13.3. The number of ketones is 1. The number of amides is 1. The fourth-order valence-electron chi connectivity index (χ4n) is 3.94. The minimum atomic E-state index is -3.72. The molecule has 2 heterocycles. The molecule has 0 unspecified atom stereocenters. The van der Waals surface area contributed by atoms with Crippen LogP contribution in [0.5, 0.6) is 5.75 Å². The third kappa shape index (κ3) is 5.13. The molecule has 1 amide bonds. The van der Waals surface area contributed by atoms with Gasteiger partial charge in [-0.25, -0.2) is 8.42 Å². The van der Waals surface area contributed by atoms with Crippen molar-refractivity contribution in [1.82, 2.24) is 14.4 Å². The van der Waals surface area contributed by atoms with Gasteiger partial charge in [-0.05, 0) is 45.0 Å². The number of aryl methyl sites for hydroxylation is 2. The minimum Gasteiger partial charge on any atom is -0.488 e. The van der Waals surface area contributed by atoms with E-state index < -0.39 is 10.0 Å². The lowest BCUT2D eigenvalue weighted by Gasteiger charge is -2.34. The summed E-state index contributed by atoms with van der Waals surface area (Å²) in [6.07, 6.45) is 0. The van der Waals surface area contributed by atoms with Crippen LogP contribution in [0.2, 0.25) is 0 Å². The SMILES string of the molecule is CC(=O)c1ccc(S(=O)(=O)N2CCN(C(=O)c3ccccc3OCc3c(C)noc3C)CC2)cc1. The molecule has 10 heteroatoms. The average molecular weight is 498 g/mol. The second kappa shape index (κ2) is 10.0. The lowest BCUT2D eigenvalue weighted by Crippen LogP contribution is -2.50. The molecule has 35 heavy (non-hydrogen) atoms. The summed E-state index contributed by atoms with van der Waals surface area (Å²) in [6, 6.07) is 12.9. The highest BCUT2D eigenvalue weighted by Crippen LogP contribution is 2.24. The molecule has 0 saturated carbocycles. The lowest BCUT2D eigenvalue weighted by atomic mass is 10.1. The molecule has 0 atom stereocenters. The van der Waals surface area contributed by atoms with Crippen LogP contribution in [0.1, 0.15) is 44.7 Å². The normalized spacial score (nSPS) is 14.7. The number of hydrogen-bond acceptors (Lipinski definition) is 7. The zero-order valence-electron chi connectivity index (χ0n) is 19.9. The number of ether oxygens (including phenoxy) is 1. The van der Waals surface area contributed by atoms with Gasteiger partial charge in [0.2, 0.25) is 10.0 Å². The zero-order valence-corrected chi connectivity index (χ0v) is 20.7. The van der Waals surface area contributed by atoms with Crippen LogP contribution in [0, 0.1) is 13.8 Å². The molecule has 0 radical (unpaired) electrons. The number of aromatic nitrogens is 1. The number of carbonyl (C=O) groups excluding carboxylic acids is 2. The maximum absolute atomic E-state index is 13.3. The van der Waals surface area contributed by atoms with Crippen molar-refractivity contribution in [2.75, 3.05) is 26.2 Å². The number of carbonyl (C=O) groups is 2. The van der Waals surface area contributed by atoms with Gasteiger partial charge >= 0.3 is 0 Å². The van der Waals surface area contributed by atoms with Crippen molar-refractivity contribution < 1.29 is 27.3 Å². The van der Waals surface area contributed by atoms with E-state index in [1.54, 1.807) is 36.1 Å². The molecule has 0 aliphatic carbocycles. The van der Waals surface area contributed by atoms with Gasteiger partial charge < -0.3 is 14.2 Å². The predicted octanol–water partition coefficient (Wildman–Crippen LogP) is 3.22. The van der Waals surface area contributed by atoms with Crippen molar-refractivity contribution in [3.05, 3.63) is 76.7 Å². The van der Waals surface area contributed by atoms with Crippen molar-refractivity contribution in [3.8, 4) is 5.75 Å². The Balaban J connectivity index is 1.42. The van der Waals surface area contributed by atoms with Crippen LogP contribution >= 0.6 is 0 Å². The number of piperazine rings is 1. The monoisotopic (exact) mass is 497 g/mol. The molecule has 1 aliphatic heterocycles. The lowest BCUT2D eigenvalue weighted by molar-refractivity contribution is 0.0693. The minimum absolute atomic E-state index is 0.125. The Labute approximate surface area is 204 Å². The van der Waals surface area contributed by atoms with Gasteiger partial charge in [-0.3, -0.25) is 9.59 Å². The fourth-order valence-corrected chi connectivity index (χ4v) is 5.36. The van der Waals surface area contributed by atoms with E-state index in [0.717, 1.165) is 11.3 Å². The smallest absolute Gasteiger partial charge is 0.257 e. The van der Waals surface area contributed by atoms with E-state index in [9.17, 15) is 18.0 Å². The standard InChI is InChI=1S/C25H27N3O6S/c1-17-23(19(3)34-26-17)16-33-24-7-5-4-6-22(24)25(30)27-12-14-28(15-13-27)35(31,32)21-10-8-20(9-11-21)18(2)29/h4-11H,12-16H2,1-3H3. The Morgan fingerprint density at radius 3 is 2.26 bits per heavy atom. The molecular weight excluding hydrogens is 470 g/mol. The van der Waals surface area contributed by atoms with Crippen molar-refractivity contribution in [2.24, 2.45) is 0 Å². The molecule has 3 aromatic rings. The van der Waals surface area contributed by atoms with Gasteiger partial charge in [0, 0.05) is 31.7 Å². The van der Waals surface area contributed by atoms with E-state index in [-0.39, 0.29) is 49.4 Å². The van der Waals surface area contributed by atoms with Crippen molar-refractivity contribution in [3.63, 3.8) is 0 Å². The number of para-hydroxylation sites is 1. The van der Waals surface area contributed by atoms with Gasteiger partial charge in [0.1, 0.15) is 18.1 Å². The molecule has 0 bridgehead atoms. The van der Waals surface area contributed by atoms with Gasteiger partial charge in [0.15, 0.2) is 5.78 Å². The summed E-state index contributed by atoms with van der Waals surface area (Å²) in [4.78, 5) is 26.5. The molecule has 4 rings (SSSR count).